The minimum atomic E-state index is -3.30. The molecule has 2 aliphatic rings. The van der Waals surface area contributed by atoms with E-state index < -0.39 is 10.2 Å². The van der Waals surface area contributed by atoms with E-state index in [4.69, 9.17) is 11.6 Å². The Morgan fingerprint density at radius 3 is 2.67 bits per heavy atom. The van der Waals surface area contributed by atoms with Crippen LogP contribution in [-0.4, -0.2) is 37.7 Å². The van der Waals surface area contributed by atoms with Crippen LogP contribution < -0.4 is 4.72 Å². The fourth-order valence-electron chi connectivity index (χ4n) is 2.89. The zero-order valence-electron chi connectivity index (χ0n) is 10.9. The van der Waals surface area contributed by atoms with Gasteiger partial charge in [-0.3, -0.25) is 0 Å². The number of piperidine rings is 1. The van der Waals surface area contributed by atoms with Crippen LogP contribution in [0.4, 0.5) is 0 Å². The van der Waals surface area contributed by atoms with E-state index >= 15 is 0 Å². The van der Waals surface area contributed by atoms with E-state index in [0.717, 1.165) is 32.1 Å². The Morgan fingerprint density at radius 1 is 1.28 bits per heavy atom. The highest BCUT2D eigenvalue weighted by molar-refractivity contribution is 7.87. The summed E-state index contributed by atoms with van der Waals surface area (Å²) >= 11 is 6.17. The smallest absolute Gasteiger partial charge is 0.202 e. The largest absolute Gasteiger partial charge is 0.279 e. The van der Waals surface area contributed by atoms with Crippen LogP contribution in [0, 0.1) is 11.8 Å². The third-order valence-electron chi connectivity index (χ3n) is 4.05. The second-order valence-corrected chi connectivity index (χ2v) is 7.98. The van der Waals surface area contributed by atoms with Gasteiger partial charge in [0.15, 0.2) is 0 Å². The Labute approximate surface area is 115 Å². The molecule has 0 aromatic rings. The standard InChI is InChI=1S/C12H23ClN2O2S/c1-10-4-3-7-15(9-10)18(16,17)14-8-11-5-2-6-12(11)13/h10-12,14H,2-9H2,1H3. The van der Waals surface area contributed by atoms with Gasteiger partial charge in [0.05, 0.1) is 0 Å². The molecule has 0 radical (unpaired) electrons. The molecule has 3 unspecified atom stereocenters. The fraction of sp³-hybridized carbons (Fsp3) is 1.00. The van der Waals surface area contributed by atoms with Crippen LogP contribution in [0.1, 0.15) is 39.0 Å². The summed E-state index contributed by atoms with van der Waals surface area (Å²) in [7, 11) is -3.30. The fourth-order valence-corrected chi connectivity index (χ4v) is 4.69. The summed E-state index contributed by atoms with van der Waals surface area (Å²) in [5, 5.41) is 0.132. The highest BCUT2D eigenvalue weighted by Crippen LogP contribution is 2.29. The number of hydrogen-bond acceptors (Lipinski definition) is 2. The summed E-state index contributed by atoms with van der Waals surface area (Å²) in [5.41, 5.74) is 0. The minimum absolute atomic E-state index is 0.132. The van der Waals surface area contributed by atoms with Crippen molar-refractivity contribution in [2.75, 3.05) is 19.6 Å². The predicted octanol–water partition coefficient (Wildman–Crippen LogP) is 1.96. The Morgan fingerprint density at radius 2 is 2.06 bits per heavy atom. The summed E-state index contributed by atoms with van der Waals surface area (Å²) < 4.78 is 28.7. The van der Waals surface area contributed by atoms with Crippen LogP contribution in [-0.2, 0) is 10.2 Å². The average molecular weight is 295 g/mol. The Balaban J connectivity index is 1.86. The van der Waals surface area contributed by atoms with Crippen molar-refractivity contribution in [3.05, 3.63) is 0 Å². The maximum atomic E-state index is 12.2. The Kier molecular flexibility index (Phi) is 4.92. The number of halogens is 1. The molecule has 1 aliphatic carbocycles. The molecule has 4 nitrogen and oxygen atoms in total. The van der Waals surface area contributed by atoms with Gasteiger partial charge in [-0.05, 0) is 37.5 Å². The molecule has 3 atom stereocenters. The first-order chi connectivity index (χ1) is 8.49. The van der Waals surface area contributed by atoms with Crippen molar-refractivity contribution in [1.82, 2.24) is 9.03 Å². The number of hydrogen-bond donors (Lipinski definition) is 1. The van der Waals surface area contributed by atoms with Crippen molar-refractivity contribution >= 4 is 21.8 Å². The molecule has 2 fully saturated rings. The molecule has 0 bridgehead atoms. The topological polar surface area (TPSA) is 49.4 Å². The van der Waals surface area contributed by atoms with Gasteiger partial charge in [0.2, 0.25) is 0 Å². The maximum Gasteiger partial charge on any atom is 0.279 e. The van der Waals surface area contributed by atoms with E-state index in [1.165, 1.54) is 0 Å². The van der Waals surface area contributed by atoms with Gasteiger partial charge in [-0.1, -0.05) is 13.3 Å². The zero-order chi connectivity index (χ0) is 13.2. The molecule has 106 valence electrons. The van der Waals surface area contributed by atoms with Crippen LogP contribution in [0.15, 0.2) is 0 Å². The van der Waals surface area contributed by atoms with E-state index in [0.29, 0.717) is 31.5 Å². The Hall–Kier alpha value is 0.160. The molecular weight excluding hydrogens is 272 g/mol. The molecule has 0 spiro atoms. The number of alkyl halides is 1. The normalized spacial score (nSPS) is 34.9. The zero-order valence-corrected chi connectivity index (χ0v) is 12.5. The summed E-state index contributed by atoms with van der Waals surface area (Å²) in [6, 6.07) is 0. The van der Waals surface area contributed by atoms with E-state index in [-0.39, 0.29) is 5.38 Å². The van der Waals surface area contributed by atoms with Gasteiger partial charge in [0.1, 0.15) is 0 Å². The monoisotopic (exact) mass is 294 g/mol. The van der Waals surface area contributed by atoms with Gasteiger partial charge in [-0.25, -0.2) is 4.72 Å². The first-order valence-electron chi connectivity index (χ1n) is 6.88. The molecule has 1 heterocycles. The summed E-state index contributed by atoms with van der Waals surface area (Å²) in [4.78, 5) is 0. The van der Waals surface area contributed by atoms with Gasteiger partial charge >= 0.3 is 0 Å². The third kappa shape index (κ3) is 3.59. The molecular formula is C12H23ClN2O2S. The molecule has 0 aromatic heterocycles. The third-order valence-corrected chi connectivity index (χ3v) is 6.17. The molecule has 2 rings (SSSR count). The van der Waals surface area contributed by atoms with Crippen molar-refractivity contribution in [2.24, 2.45) is 11.8 Å². The lowest BCUT2D eigenvalue weighted by Gasteiger charge is -2.30. The van der Waals surface area contributed by atoms with Crippen LogP contribution in [0.2, 0.25) is 0 Å². The van der Waals surface area contributed by atoms with Gasteiger partial charge in [0, 0.05) is 25.0 Å². The molecule has 1 N–H and O–H groups in total. The number of rotatable bonds is 4. The molecule has 0 aromatic carbocycles. The predicted molar refractivity (Wildman–Crippen MR) is 73.9 cm³/mol. The molecule has 1 saturated heterocycles. The quantitative estimate of drug-likeness (QED) is 0.806. The second-order valence-electron chi connectivity index (χ2n) is 5.67. The van der Waals surface area contributed by atoms with Crippen molar-refractivity contribution < 1.29 is 8.42 Å². The highest BCUT2D eigenvalue weighted by Gasteiger charge is 2.30. The van der Waals surface area contributed by atoms with Crippen molar-refractivity contribution in [3.63, 3.8) is 0 Å². The highest BCUT2D eigenvalue weighted by atomic mass is 35.5. The van der Waals surface area contributed by atoms with Gasteiger partial charge in [-0.15, -0.1) is 11.6 Å². The van der Waals surface area contributed by atoms with Crippen molar-refractivity contribution in [2.45, 2.75) is 44.4 Å². The van der Waals surface area contributed by atoms with Crippen LogP contribution in [0.5, 0.6) is 0 Å². The lowest BCUT2D eigenvalue weighted by molar-refractivity contribution is 0.277. The van der Waals surface area contributed by atoms with Crippen molar-refractivity contribution in [3.8, 4) is 0 Å². The summed E-state index contributed by atoms with van der Waals surface area (Å²) in [6.45, 7) is 3.88. The first kappa shape index (κ1) is 14.6. The second kappa shape index (κ2) is 6.07. The van der Waals surface area contributed by atoms with E-state index in [1.807, 2.05) is 0 Å². The van der Waals surface area contributed by atoms with Crippen molar-refractivity contribution in [1.29, 1.82) is 0 Å². The summed E-state index contributed by atoms with van der Waals surface area (Å²) in [5.74, 6) is 0.756. The minimum Gasteiger partial charge on any atom is -0.202 e. The first-order valence-corrected chi connectivity index (χ1v) is 8.75. The van der Waals surface area contributed by atoms with E-state index in [1.54, 1.807) is 4.31 Å². The number of nitrogens with one attached hydrogen (secondary N) is 1. The van der Waals surface area contributed by atoms with E-state index in [9.17, 15) is 8.42 Å². The van der Waals surface area contributed by atoms with Gasteiger partial charge < -0.3 is 0 Å². The van der Waals surface area contributed by atoms with E-state index in [2.05, 4.69) is 11.6 Å². The molecule has 0 amide bonds. The molecule has 6 heteroatoms. The average Bonchev–Trinajstić information content (AvgIpc) is 2.72. The van der Waals surface area contributed by atoms with Crippen LogP contribution >= 0.6 is 11.6 Å². The maximum absolute atomic E-state index is 12.2. The van der Waals surface area contributed by atoms with Gasteiger partial charge in [0.25, 0.3) is 10.2 Å². The lowest BCUT2D eigenvalue weighted by atomic mass is 10.0. The van der Waals surface area contributed by atoms with Crippen LogP contribution in [0.25, 0.3) is 0 Å². The molecule has 1 saturated carbocycles. The van der Waals surface area contributed by atoms with Crippen LogP contribution in [0.3, 0.4) is 0 Å². The summed E-state index contributed by atoms with van der Waals surface area (Å²) in [6.07, 6.45) is 5.24. The molecule has 1 aliphatic heterocycles. The molecule has 18 heavy (non-hydrogen) atoms. The van der Waals surface area contributed by atoms with Gasteiger partial charge in [-0.2, -0.15) is 12.7 Å². The SMILES string of the molecule is CC1CCCN(S(=O)(=O)NCC2CCCC2Cl)C1. The Bertz CT molecular complexity index is 374. The lowest BCUT2D eigenvalue weighted by Crippen LogP contribution is -2.46. The number of nitrogens with zero attached hydrogens (tertiary/aromatic N) is 1.